The van der Waals surface area contributed by atoms with E-state index in [1.54, 1.807) is 0 Å². The summed E-state index contributed by atoms with van der Waals surface area (Å²) in [4.78, 5) is 25.5. The van der Waals surface area contributed by atoms with Crippen LogP contribution >= 0.6 is 0 Å². The van der Waals surface area contributed by atoms with Crippen LogP contribution in [0.3, 0.4) is 0 Å². The van der Waals surface area contributed by atoms with Crippen molar-refractivity contribution in [1.29, 1.82) is 0 Å². The van der Waals surface area contributed by atoms with E-state index in [0.717, 1.165) is 12.1 Å². The van der Waals surface area contributed by atoms with E-state index in [9.17, 15) is 14.0 Å². The summed E-state index contributed by atoms with van der Waals surface area (Å²) in [6.45, 7) is 0.730. The molecule has 0 radical (unpaired) electrons. The lowest BCUT2D eigenvalue weighted by atomic mass is 10.1. The fraction of sp³-hybridized carbons (Fsp3) is 0.385. The van der Waals surface area contributed by atoms with E-state index in [2.05, 4.69) is 5.32 Å². The number of likely N-dealkylation sites (N-methyl/N-ethyl adjacent to an activating group) is 1. The molecule has 1 saturated heterocycles. The third kappa shape index (κ3) is 2.88. The Morgan fingerprint density at radius 3 is 2.85 bits per heavy atom. The Balaban J connectivity index is 2.27. The molecule has 108 valence electrons. The van der Waals surface area contributed by atoms with Gasteiger partial charge in [0.1, 0.15) is 11.9 Å². The number of halogens is 1. The molecule has 0 bridgehead atoms. The Kier molecular flexibility index (Phi) is 4.19. The maximum absolute atomic E-state index is 13.3. The van der Waals surface area contributed by atoms with E-state index in [4.69, 9.17) is 10.5 Å². The average molecular weight is 281 g/mol. The molecule has 2 amide bonds. The van der Waals surface area contributed by atoms with Crippen molar-refractivity contribution in [1.82, 2.24) is 10.2 Å². The van der Waals surface area contributed by atoms with E-state index < -0.39 is 17.8 Å². The first kappa shape index (κ1) is 14.3. The lowest BCUT2D eigenvalue weighted by Gasteiger charge is -2.34. The molecule has 0 saturated carbocycles. The number of nitrogens with two attached hydrogens (primary N) is 1. The van der Waals surface area contributed by atoms with Crippen LogP contribution in [0.15, 0.2) is 18.2 Å². The number of carbonyl (C=O) groups excluding carboxylic acids is 2. The van der Waals surface area contributed by atoms with Gasteiger partial charge in [0.15, 0.2) is 0 Å². The predicted octanol–water partition coefficient (Wildman–Crippen LogP) is -0.00510. The minimum Gasteiger partial charge on any atom is -0.399 e. The Labute approximate surface area is 115 Å². The van der Waals surface area contributed by atoms with Crippen LogP contribution in [-0.4, -0.2) is 49.6 Å². The molecule has 1 aliphatic heterocycles. The van der Waals surface area contributed by atoms with Crippen LogP contribution in [-0.2, 0) is 9.53 Å². The van der Waals surface area contributed by atoms with Gasteiger partial charge in [0.2, 0.25) is 5.91 Å². The quantitative estimate of drug-likeness (QED) is 0.747. The second-order valence-electron chi connectivity index (χ2n) is 4.48. The Morgan fingerprint density at radius 2 is 2.20 bits per heavy atom. The molecule has 2 rings (SSSR count). The smallest absolute Gasteiger partial charge is 0.254 e. The second kappa shape index (κ2) is 5.87. The highest BCUT2D eigenvalue weighted by Gasteiger charge is 2.33. The molecule has 0 aromatic heterocycles. The van der Waals surface area contributed by atoms with Gasteiger partial charge in [-0.2, -0.15) is 0 Å². The molecule has 1 unspecified atom stereocenters. The number of carbonyl (C=O) groups is 2. The average Bonchev–Trinajstić information content (AvgIpc) is 2.44. The van der Waals surface area contributed by atoms with Gasteiger partial charge in [0.05, 0.1) is 13.2 Å². The van der Waals surface area contributed by atoms with Crippen molar-refractivity contribution < 1.29 is 18.7 Å². The zero-order valence-electron chi connectivity index (χ0n) is 11.1. The molecule has 0 aliphatic carbocycles. The zero-order valence-corrected chi connectivity index (χ0v) is 11.1. The lowest BCUT2D eigenvalue weighted by molar-refractivity contribution is -0.130. The summed E-state index contributed by atoms with van der Waals surface area (Å²) in [5, 5.41) is 2.48. The molecule has 3 N–H and O–H groups in total. The number of ether oxygens (including phenoxy) is 1. The summed E-state index contributed by atoms with van der Waals surface area (Å²) in [6, 6.07) is 2.91. The molecule has 1 atom stereocenters. The maximum atomic E-state index is 13.3. The second-order valence-corrected chi connectivity index (χ2v) is 4.48. The summed E-state index contributed by atoms with van der Waals surface area (Å²) in [7, 11) is 1.49. The van der Waals surface area contributed by atoms with Crippen LogP contribution in [0.2, 0.25) is 0 Å². The largest absolute Gasteiger partial charge is 0.399 e. The molecule has 1 fully saturated rings. The van der Waals surface area contributed by atoms with Crippen LogP contribution in [0.5, 0.6) is 0 Å². The van der Waals surface area contributed by atoms with Gasteiger partial charge < -0.3 is 20.7 Å². The molecule has 1 aromatic carbocycles. The number of amides is 2. The number of nitrogen functional groups attached to an aromatic ring is 1. The summed E-state index contributed by atoms with van der Waals surface area (Å²) < 4.78 is 18.5. The summed E-state index contributed by atoms with van der Waals surface area (Å²) in [5.41, 5.74) is 5.82. The number of hydrogen-bond donors (Lipinski definition) is 2. The number of hydrogen-bond acceptors (Lipinski definition) is 4. The molecular formula is C13H16FN3O3. The van der Waals surface area contributed by atoms with E-state index in [-0.39, 0.29) is 30.3 Å². The Morgan fingerprint density at radius 1 is 1.45 bits per heavy atom. The molecule has 1 aliphatic rings. The summed E-state index contributed by atoms with van der Waals surface area (Å²) in [5.74, 6) is -1.34. The standard InChI is InChI=1S/C13H16FN3O3/c1-16-12(18)11-7-20-3-2-17(11)13(19)8-4-9(14)6-10(15)5-8/h4-6,11H,2-3,7,15H2,1H3,(H,16,18). The Hall–Kier alpha value is -2.15. The topological polar surface area (TPSA) is 84.7 Å². The third-order valence-electron chi connectivity index (χ3n) is 3.11. The minimum absolute atomic E-state index is 0.121. The Bertz CT molecular complexity index is 515. The summed E-state index contributed by atoms with van der Waals surface area (Å²) in [6.07, 6.45) is 0. The molecule has 1 aromatic rings. The molecule has 6 nitrogen and oxygen atoms in total. The fourth-order valence-corrected chi connectivity index (χ4v) is 2.13. The third-order valence-corrected chi connectivity index (χ3v) is 3.11. The van der Waals surface area contributed by atoms with Gasteiger partial charge in [0.25, 0.3) is 5.91 Å². The van der Waals surface area contributed by atoms with E-state index in [1.165, 1.54) is 18.0 Å². The zero-order chi connectivity index (χ0) is 14.7. The number of morpholine rings is 1. The highest BCUT2D eigenvalue weighted by Crippen LogP contribution is 2.16. The fourth-order valence-electron chi connectivity index (χ4n) is 2.13. The van der Waals surface area contributed by atoms with Crippen LogP contribution in [0.4, 0.5) is 10.1 Å². The van der Waals surface area contributed by atoms with E-state index in [0.29, 0.717) is 6.61 Å². The van der Waals surface area contributed by atoms with Gasteiger partial charge in [-0.25, -0.2) is 4.39 Å². The van der Waals surface area contributed by atoms with Crippen molar-refractivity contribution in [2.24, 2.45) is 0 Å². The first-order valence-electron chi connectivity index (χ1n) is 6.19. The highest BCUT2D eigenvalue weighted by atomic mass is 19.1. The number of anilines is 1. The van der Waals surface area contributed by atoms with Crippen LogP contribution in [0.1, 0.15) is 10.4 Å². The van der Waals surface area contributed by atoms with Crippen LogP contribution in [0, 0.1) is 5.82 Å². The van der Waals surface area contributed by atoms with Crippen molar-refractivity contribution in [3.8, 4) is 0 Å². The molecule has 0 spiro atoms. The van der Waals surface area contributed by atoms with Gasteiger partial charge in [-0.15, -0.1) is 0 Å². The molecular weight excluding hydrogens is 265 g/mol. The number of rotatable bonds is 2. The van der Waals surface area contributed by atoms with Crippen molar-refractivity contribution in [2.75, 3.05) is 32.5 Å². The highest BCUT2D eigenvalue weighted by molar-refractivity contribution is 5.98. The van der Waals surface area contributed by atoms with Gasteiger partial charge >= 0.3 is 0 Å². The van der Waals surface area contributed by atoms with Gasteiger partial charge in [-0.05, 0) is 18.2 Å². The van der Waals surface area contributed by atoms with Crippen molar-refractivity contribution >= 4 is 17.5 Å². The van der Waals surface area contributed by atoms with Crippen molar-refractivity contribution in [2.45, 2.75) is 6.04 Å². The van der Waals surface area contributed by atoms with Crippen LogP contribution < -0.4 is 11.1 Å². The monoisotopic (exact) mass is 281 g/mol. The van der Waals surface area contributed by atoms with E-state index in [1.807, 2.05) is 0 Å². The van der Waals surface area contributed by atoms with Gasteiger partial charge in [0, 0.05) is 24.8 Å². The van der Waals surface area contributed by atoms with Gasteiger partial charge in [-0.1, -0.05) is 0 Å². The predicted molar refractivity (Wildman–Crippen MR) is 70.5 cm³/mol. The molecule has 20 heavy (non-hydrogen) atoms. The van der Waals surface area contributed by atoms with Crippen LogP contribution in [0.25, 0.3) is 0 Å². The number of benzene rings is 1. The van der Waals surface area contributed by atoms with Crippen molar-refractivity contribution in [3.63, 3.8) is 0 Å². The van der Waals surface area contributed by atoms with E-state index >= 15 is 0 Å². The molecule has 1 heterocycles. The first-order chi connectivity index (χ1) is 9.52. The first-order valence-corrected chi connectivity index (χ1v) is 6.19. The lowest BCUT2D eigenvalue weighted by Crippen LogP contribution is -2.55. The normalized spacial score (nSPS) is 18.7. The minimum atomic E-state index is -0.717. The van der Waals surface area contributed by atoms with Gasteiger partial charge in [-0.3, -0.25) is 9.59 Å². The molecule has 7 heteroatoms. The van der Waals surface area contributed by atoms with Crippen molar-refractivity contribution in [3.05, 3.63) is 29.6 Å². The SMILES string of the molecule is CNC(=O)C1COCCN1C(=O)c1cc(N)cc(F)c1. The number of nitrogens with one attached hydrogen (secondary N) is 1. The summed E-state index contributed by atoms with van der Waals surface area (Å²) >= 11 is 0. The number of nitrogens with zero attached hydrogens (tertiary/aromatic N) is 1. The maximum Gasteiger partial charge on any atom is 0.254 e.